The van der Waals surface area contributed by atoms with E-state index in [0.717, 1.165) is 69.7 Å². The van der Waals surface area contributed by atoms with Gasteiger partial charge in [-0.25, -0.2) is 27.8 Å². The van der Waals surface area contributed by atoms with Crippen molar-refractivity contribution in [3.05, 3.63) is 64.4 Å². The fourth-order valence-corrected chi connectivity index (χ4v) is 4.04. The van der Waals surface area contributed by atoms with Crippen molar-refractivity contribution in [2.45, 2.75) is 33.2 Å². The Bertz CT molecular complexity index is 1380. The molecule has 2 aromatic heterocycles. The van der Waals surface area contributed by atoms with Gasteiger partial charge < -0.3 is 21.9 Å². The summed E-state index contributed by atoms with van der Waals surface area (Å²) in [5, 5.41) is 16.5. The number of anilines is 2. The first kappa shape index (κ1) is 30.3. The largest absolute Gasteiger partial charge is 0.384 e. The maximum atomic E-state index is 12.3. The minimum Gasteiger partial charge on any atom is -0.384 e. The number of nitrogens with one attached hydrogen (secondary N) is 1. The predicted octanol–water partition coefficient (Wildman–Crippen LogP) is 4.56. The first-order valence-corrected chi connectivity index (χ1v) is 11.8. The summed E-state index contributed by atoms with van der Waals surface area (Å²) in [5.41, 5.74) is 15.2. The van der Waals surface area contributed by atoms with Crippen molar-refractivity contribution >= 4 is 40.5 Å². The molecule has 0 aliphatic carbocycles. The Labute approximate surface area is 222 Å². The van der Waals surface area contributed by atoms with E-state index in [0.29, 0.717) is 11.4 Å². The number of carbonyl (C=O) groups is 1. The van der Waals surface area contributed by atoms with Crippen LogP contribution in [-0.2, 0) is 11.2 Å². The van der Waals surface area contributed by atoms with Crippen molar-refractivity contribution in [3.8, 4) is 11.3 Å². The van der Waals surface area contributed by atoms with Crippen LogP contribution in [0.2, 0.25) is 5.02 Å². The van der Waals surface area contributed by atoms with E-state index in [1.807, 2.05) is 16.8 Å². The van der Waals surface area contributed by atoms with Gasteiger partial charge in [0, 0.05) is 23.8 Å². The molecule has 6 N–H and O–H groups in total. The lowest BCUT2D eigenvalue weighted by Crippen LogP contribution is -2.04. The number of fused-ring (bicyclic) bond motifs is 2. The Kier molecular flexibility index (Phi) is 11.3. The second-order valence-electron chi connectivity index (χ2n) is 8.12. The summed E-state index contributed by atoms with van der Waals surface area (Å²) >= 11 is 6.66. The molecule has 0 fully saturated rings. The van der Waals surface area contributed by atoms with Gasteiger partial charge in [0.05, 0.1) is 10.4 Å². The van der Waals surface area contributed by atoms with Crippen LogP contribution < -0.4 is 16.8 Å². The zero-order valence-corrected chi connectivity index (χ0v) is 21.8. The summed E-state index contributed by atoms with van der Waals surface area (Å²) in [4.78, 5) is 17.1. The molecule has 1 amide bonds. The maximum absolute atomic E-state index is 12.3. The lowest BCUT2D eigenvalue weighted by Gasteiger charge is -2.08. The second-order valence-corrected chi connectivity index (χ2v) is 8.50. The molecule has 0 saturated carbocycles. The van der Waals surface area contributed by atoms with Gasteiger partial charge in [-0.1, -0.05) is 11.6 Å². The zero-order valence-electron chi connectivity index (χ0n) is 21.1. The van der Waals surface area contributed by atoms with Gasteiger partial charge in [-0.2, -0.15) is 5.10 Å². The Hall–Kier alpha value is -3.90. The monoisotopic (exact) mass is 551 g/mol. The number of nitrogens with two attached hydrogens (primary N) is 2. The number of hydrogen-bond donors (Lipinski definition) is 4. The van der Waals surface area contributed by atoms with Crippen LogP contribution in [0.3, 0.4) is 0 Å². The average Bonchev–Trinajstić information content (AvgIpc) is 3.50. The van der Waals surface area contributed by atoms with E-state index in [4.69, 9.17) is 32.3 Å². The molecule has 38 heavy (non-hydrogen) atoms. The highest BCUT2D eigenvalue weighted by Gasteiger charge is 2.23. The van der Waals surface area contributed by atoms with Gasteiger partial charge in [-0.05, 0) is 68.7 Å². The van der Waals surface area contributed by atoms with E-state index in [1.165, 1.54) is 13.3 Å². The third-order valence-corrected chi connectivity index (χ3v) is 5.75. The highest BCUT2D eigenvalue weighted by molar-refractivity contribution is 6.35. The van der Waals surface area contributed by atoms with E-state index < -0.39 is 12.7 Å². The molecule has 204 valence electrons. The van der Waals surface area contributed by atoms with Crippen molar-refractivity contribution in [2.75, 3.05) is 24.5 Å². The molecule has 1 aliphatic rings. The molecule has 0 spiro atoms. The van der Waals surface area contributed by atoms with Crippen LogP contribution in [0.1, 0.15) is 31.0 Å². The van der Waals surface area contributed by atoms with Crippen LogP contribution >= 0.6 is 11.6 Å². The van der Waals surface area contributed by atoms with Crippen LogP contribution in [0.4, 0.5) is 24.7 Å². The van der Waals surface area contributed by atoms with E-state index in [9.17, 15) is 13.2 Å². The number of halogens is 4. The Morgan fingerprint density at radius 3 is 2.47 bits per heavy atom. The minimum atomic E-state index is -1.25. The summed E-state index contributed by atoms with van der Waals surface area (Å²) in [6.07, 6.45) is 2.63. The Morgan fingerprint density at radius 1 is 1.24 bits per heavy atom. The summed E-state index contributed by atoms with van der Waals surface area (Å²) in [7, 11) is 0. The molecule has 3 heterocycles. The molecular weight excluding hydrogens is 523 g/mol. The molecule has 0 bridgehead atoms. The molecule has 0 radical (unpaired) electrons. The van der Waals surface area contributed by atoms with Crippen LogP contribution in [0.15, 0.2) is 36.7 Å². The number of aliphatic hydroxyl groups is 1. The number of nitrogens with zero attached hydrogens (tertiary/aromatic N) is 4. The maximum Gasteiger partial charge on any atom is 0.204 e. The van der Waals surface area contributed by atoms with E-state index in [-0.39, 0.29) is 18.3 Å². The number of aliphatic hydroxyl groups excluding tert-OH is 1. The second kappa shape index (κ2) is 14.1. The fourth-order valence-electron chi connectivity index (χ4n) is 3.69. The molecule has 4 aromatic rings. The number of hydrogen-bond acceptors (Lipinski definition) is 7. The van der Waals surface area contributed by atoms with Gasteiger partial charge in [0.25, 0.3) is 0 Å². The van der Waals surface area contributed by atoms with Crippen LogP contribution in [0.5, 0.6) is 0 Å². The highest BCUT2D eigenvalue weighted by atomic mass is 35.5. The number of aryl methyl sites for hydroxylation is 1. The standard InChI is InChI=1S/C16H17ClN6.C7H6F2.CH3FO.CH3NO/c1-8(2)23-16-12(15(18)20-7-21-16)14(22-23)10-3-4-11-9(13(10)17)5-6-19-11;1-5-4-6(8)2-3-7(5)9;2*2-1-3/h3-4,7-8,19H,5-6H2,1-2H3,(H2,18,20,21);2-4H,1H3;3H,1H2;1H,(H2,2,3). The van der Waals surface area contributed by atoms with Crippen molar-refractivity contribution in [1.82, 2.24) is 19.7 Å². The van der Waals surface area contributed by atoms with Crippen molar-refractivity contribution in [3.63, 3.8) is 0 Å². The van der Waals surface area contributed by atoms with Gasteiger partial charge in [0.2, 0.25) is 6.41 Å². The van der Waals surface area contributed by atoms with E-state index in [1.54, 1.807) is 0 Å². The van der Waals surface area contributed by atoms with Crippen molar-refractivity contribution in [2.24, 2.45) is 5.73 Å². The lowest BCUT2D eigenvalue weighted by molar-refractivity contribution is -0.106. The molecule has 13 heteroatoms. The molecule has 1 aliphatic heterocycles. The SMILES string of the molecule is CC(C)n1nc(-c2ccc3c(c2Cl)CCN3)c2c(N)ncnc21.Cc1cc(F)ccc1F.NC=O.OCF. The number of carbonyl (C=O) groups excluding carboxylic acids is 1. The molecule has 5 rings (SSSR count). The van der Waals surface area contributed by atoms with Crippen LogP contribution in [-0.4, -0.2) is 44.7 Å². The number of rotatable bonds is 2. The van der Waals surface area contributed by atoms with Gasteiger partial charge in [-0.3, -0.25) is 4.79 Å². The quantitative estimate of drug-likeness (QED) is 0.267. The third-order valence-electron chi connectivity index (χ3n) is 5.32. The molecule has 9 nitrogen and oxygen atoms in total. The van der Waals surface area contributed by atoms with Crippen molar-refractivity contribution < 1.29 is 23.1 Å². The van der Waals surface area contributed by atoms with Crippen LogP contribution in [0.25, 0.3) is 22.3 Å². The molecule has 0 saturated heterocycles. The number of primary amides is 1. The number of nitrogen functional groups attached to an aromatic ring is 1. The first-order valence-electron chi connectivity index (χ1n) is 11.4. The lowest BCUT2D eigenvalue weighted by atomic mass is 10.0. The summed E-state index contributed by atoms with van der Waals surface area (Å²) in [5.74, 6) is -0.336. The smallest absolute Gasteiger partial charge is 0.204 e. The topological polar surface area (TPSA) is 145 Å². The number of benzene rings is 2. The summed E-state index contributed by atoms with van der Waals surface area (Å²) in [6.45, 7) is 5.30. The van der Waals surface area contributed by atoms with Gasteiger partial charge >= 0.3 is 0 Å². The normalized spacial score (nSPS) is 11.3. The minimum absolute atomic E-state index is 0.162. The van der Waals surface area contributed by atoms with Crippen LogP contribution in [0, 0.1) is 18.6 Å². The zero-order chi connectivity index (χ0) is 28.4. The van der Waals surface area contributed by atoms with Crippen molar-refractivity contribution in [1.29, 1.82) is 0 Å². The summed E-state index contributed by atoms with van der Waals surface area (Å²) in [6, 6.07) is 7.57. The number of amides is 1. The highest BCUT2D eigenvalue weighted by Crippen LogP contribution is 2.40. The molecule has 0 atom stereocenters. The molecule has 2 aromatic carbocycles. The summed E-state index contributed by atoms with van der Waals surface area (Å²) < 4.78 is 36.2. The molecular formula is C25H29ClF3N7O2. The van der Waals surface area contributed by atoms with E-state index >= 15 is 0 Å². The van der Waals surface area contributed by atoms with Gasteiger partial charge in [0.1, 0.15) is 29.5 Å². The fraction of sp³-hybridized carbons (Fsp3) is 0.280. The van der Waals surface area contributed by atoms with E-state index in [2.05, 4.69) is 34.9 Å². The Morgan fingerprint density at radius 2 is 1.89 bits per heavy atom. The third kappa shape index (κ3) is 7.11. The van der Waals surface area contributed by atoms with Gasteiger partial charge in [0.15, 0.2) is 12.5 Å². The van der Waals surface area contributed by atoms with Gasteiger partial charge in [-0.15, -0.1) is 0 Å². The number of aromatic nitrogens is 4. The molecule has 0 unspecified atom stereocenters. The Balaban J connectivity index is 0.000000281. The predicted molar refractivity (Wildman–Crippen MR) is 142 cm³/mol. The average molecular weight is 552 g/mol. The number of alkyl halides is 1. The first-order chi connectivity index (χ1) is 18.1.